The molecule has 0 radical (unpaired) electrons. The van der Waals surface area contributed by atoms with Gasteiger partial charge in [0.05, 0.1) is 5.92 Å². The van der Waals surface area contributed by atoms with Crippen molar-refractivity contribution in [2.75, 3.05) is 33.2 Å². The number of likely N-dealkylation sites (N-methyl/N-ethyl adjacent to an activating group) is 1. The summed E-state index contributed by atoms with van der Waals surface area (Å²) in [5.74, 6) is -0.697. The second kappa shape index (κ2) is 5.15. The lowest BCUT2D eigenvalue weighted by Crippen LogP contribution is -2.50. The Hall–Kier alpha value is -0.610. The highest BCUT2D eigenvalue weighted by Gasteiger charge is 2.31. The van der Waals surface area contributed by atoms with Gasteiger partial charge in [-0.15, -0.1) is 0 Å². The van der Waals surface area contributed by atoms with Crippen LogP contribution in [-0.4, -0.2) is 60.1 Å². The molecule has 0 aromatic heterocycles. The number of hydrogen-bond acceptors (Lipinski definition) is 3. The summed E-state index contributed by atoms with van der Waals surface area (Å²) in [6.07, 6.45) is 4.00. The number of hydrogen-bond donors (Lipinski definition) is 1. The number of nitrogens with zero attached hydrogens (tertiary/aromatic N) is 2. The zero-order valence-electron chi connectivity index (χ0n) is 10.1. The minimum Gasteiger partial charge on any atom is -0.481 e. The van der Waals surface area contributed by atoms with Crippen LogP contribution in [0.2, 0.25) is 0 Å². The number of aliphatic carboxylic acids is 1. The third-order valence-electron chi connectivity index (χ3n) is 4.05. The smallest absolute Gasteiger partial charge is 0.306 e. The SMILES string of the molecule is CN1CCN([C@H]2CCCC(C(=O)O)C2)CC1. The first-order chi connectivity index (χ1) is 7.66. The van der Waals surface area contributed by atoms with Gasteiger partial charge in [0.15, 0.2) is 0 Å². The minimum absolute atomic E-state index is 0.0987. The molecule has 16 heavy (non-hydrogen) atoms. The van der Waals surface area contributed by atoms with Gasteiger partial charge in [0.2, 0.25) is 0 Å². The molecule has 1 unspecified atom stereocenters. The fourth-order valence-corrected chi connectivity index (χ4v) is 2.91. The Morgan fingerprint density at radius 2 is 1.88 bits per heavy atom. The van der Waals surface area contributed by atoms with Crippen molar-refractivity contribution < 1.29 is 9.90 Å². The van der Waals surface area contributed by atoms with Gasteiger partial charge in [-0.1, -0.05) is 6.42 Å². The number of carboxylic acids is 1. The molecule has 1 N–H and O–H groups in total. The van der Waals surface area contributed by atoms with Crippen LogP contribution in [0.5, 0.6) is 0 Å². The quantitative estimate of drug-likeness (QED) is 0.759. The highest BCUT2D eigenvalue weighted by molar-refractivity contribution is 5.70. The number of piperazine rings is 1. The molecule has 2 rings (SSSR count). The van der Waals surface area contributed by atoms with Gasteiger partial charge in [0.1, 0.15) is 0 Å². The Morgan fingerprint density at radius 1 is 1.19 bits per heavy atom. The van der Waals surface area contributed by atoms with E-state index in [0.717, 1.165) is 45.4 Å². The fourth-order valence-electron chi connectivity index (χ4n) is 2.91. The normalized spacial score (nSPS) is 33.8. The summed E-state index contributed by atoms with van der Waals surface area (Å²) < 4.78 is 0. The maximum absolute atomic E-state index is 11.0. The zero-order chi connectivity index (χ0) is 11.5. The van der Waals surface area contributed by atoms with Gasteiger partial charge < -0.3 is 10.0 Å². The molecule has 92 valence electrons. The van der Waals surface area contributed by atoms with Crippen LogP contribution in [0.3, 0.4) is 0 Å². The van der Waals surface area contributed by atoms with Crippen LogP contribution >= 0.6 is 0 Å². The van der Waals surface area contributed by atoms with Gasteiger partial charge in [-0.05, 0) is 26.3 Å². The summed E-state index contributed by atoms with van der Waals surface area (Å²) in [5, 5.41) is 9.07. The van der Waals surface area contributed by atoms with Crippen molar-refractivity contribution in [2.24, 2.45) is 5.92 Å². The first-order valence-corrected chi connectivity index (χ1v) is 6.32. The average molecular weight is 226 g/mol. The third kappa shape index (κ3) is 2.74. The Morgan fingerprint density at radius 3 is 2.50 bits per heavy atom. The van der Waals surface area contributed by atoms with E-state index in [2.05, 4.69) is 16.8 Å². The van der Waals surface area contributed by atoms with E-state index in [1.165, 1.54) is 6.42 Å². The highest BCUT2D eigenvalue weighted by atomic mass is 16.4. The average Bonchev–Trinajstić information content (AvgIpc) is 2.30. The molecule has 2 atom stereocenters. The van der Waals surface area contributed by atoms with Gasteiger partial charge in [0.25, 0.3) is 0 Å². The maximum atomic E-state index is 11.0. The molecule has 4 nitrogen and oxygen atoms in total. The van der Waals surface area contributed by atoms with Crippen LogP contribution in [0.4, 0.5) is 0 Å². The highest BCUT2D eigenvalue weighted by Crippen LogP contribution is 2.28. The second-order valence-corrected chi connectivity index (χ2v) is 5.19. The van der Waals surface area contributed by atoms with Crippen molar-refractivity contribution in [3.8, 4) is 0 Å². The van der Waals surface area contributed by atoms with E-state index in [9.17, 15) is 4.79 Å². The molecule has 1 aliphatic heterocycles. The van der Waals surface area contributed by atoms with Crippen LogP contribution in [0, 0.1) is 5.92 Å². The molecule has 2 aliphatic rings. The Labute approximate surface area is 97.2 Å². The molecule has 1 saturated heterocycles. The van der Waals surface area contributed by atoms with E-state index in [4.69, 9.17) is 5.11 Å². The number of rotatable bonds is 2. The van der Waals surface area contributed by atoms with Gasteiger partial charge in [0, 0.05) is 32.2 Å². The summed E-state index contributed by atoms with van der Waals surface area (Å²) in [6.45, 7) is 4.45. The van der Waals surface area contributed by atoms with E-state index in [1.54, 1.807) is 0 Å². The van der Waals surface area contributed by atoms with E-state index in [0.29, 0.717) is 6.04 Å². The fraction of sp³-hybridized carbons (Fsp3) is 0.917. The van der Waals surface area contributed by atoms with Gasteiger partial charge in [-0.25, -0.2) is 0 Å². The first kappa shape index (κ1) is 11.9. The van der Waals surface area contributed by atoms with Crippen LogP contribution in [-0.2, 0) is 4.79 Å². The molecular formula is C12H22N2O2. The Bertz CT molecular complexity index is 249. The molecule has 0 aromatic rings. The Kier molecular flexibility index (Phi) is 3.82. The predicted octanol–water partition coefficient (Wildman–Crippen LogP) is 0.877. The summed E-state index contributed by atoms with van der Waals surface area (Å²) in [7, 11) is 2.15. The summed E-state index contributed by atoms with van der Waals surface area (Å²) in [6, 6.07) is 0.517. The lowest BCUT2D eigenvalue weighted by Gasteiger charge is -2.40. The lowest BCUT2D eigenvalue weighted by atomic mass is 9.85. The number of carbonyl (C=O) groups is 1. The molecule has 0 spiro atoms. The van der Waals surface area contributed by atoms with Crippen LogP contribution < -0.4 is 0 Å². The first-order valence-electron chi connectivity index (χ1n) is 6.32. The molecule has 0 aromatic carbocycles. The third-order valence-corrected chi connectivity index (χ3v) is 4.05. The van der Waals surface area contributed by atoms with Crippen LogP contribution in [0.15, 0.2) is 0 Å². The summed E-state index contributed by atoms with van der Waals surface area (Å²) in [4.78, 5) is 15.8. The topological polar surface area (TPSA) is 43.8 Å². The second-order valence-electron chi connectivity index (χ2n) is 5.19. The number of carboxylic acid groups (broad SMARTS) is 1. The van der Waals surface area contributed by atoms with Crippen molar-refractivity contribution in [3.63, 3.8) is 0 Å². The van der Waals surface area contributed by atoms with E-state index in [1.807, 2.05) is 0 Å². The molecule has 1 saturated carbocycles. The zero-order valence-corrected chi connectivity index (χ0v) is 10.1. The Balaban J connectivity index is 1.87. The van der Waals surface area contributed by atoms with Crippen LogP contribution in [0.25, 0.3) is 0 Å². The van der Waals surface area contributed by atoms with Crippen molar-refractivity contribution in [1.29, 1.82) is 0 Å². The van der Waals surface area contributed by atoms with Crippen molar-refractivity contribution in [3.05, 3.63) is 0 Å². The minimum atomic E-state index is -0.598. The van der Waals surface area contributed by atoms with Crippen molar-refractivity contribution in [2.45, 2.75) is 31.7 Å². The molecule has 4 heteroatoms. The molecule has 0 bridgehead atoms. The maximum Gasteiger partial charge on any atom is 0.306 e. The largest absolute Gasteiger partial charge is 0.481 e. The van der Waals surface area contributed by atoms with Crippen LogP contribution in [0.1, 0.15) is 25.7 Å². The van der Waals surface area contributed by atoms with E-state index < -0.39 is 5.97 Å². The standard InChI is InChI=1S/C12H22N2O2/c1-13-5-7-14(8-6-13)11-4-2-3-10(9-11)12(15)16/h10-11H,2-9H2,1H3,(H,15,16)/t10?,11-/m0/s1. The monoisotopic (exact) mass is 226 g/mol. The van der Waals surface area contributed by atoms with E-state index >= 15 is 0 Å². The van der Waals surface area contributed by atoms with Gasteiger partial charge in [-0.3, -0.25) is 9.69 Å². The summed E-state index contributed by atoms with van der Waals surface area (Å²) >= 11 is 0. The summed E-state index contributed by atoms with van der Waals surface area (Å²) in [5.41, 5.74) is 0. The molecule has 0 amide bonds. The predicted molar refractivity (Wildman–Crippen MR) is 62.5 cm³/mol. The van der Waals surface area contributed by atoms with Gasteiger partial charge >= 0.3 is 5.97 Å². The molecule has 1 aliphatic carbocycles. The van der Waals surface area contributed by atoms with Gasteiger partial charge in [-0.2, -0.15) is 0 Å². The molecular weight excluding hydrogens is 204 g/mol. The molecule has 2 fully saturated rings. The van der Waals surface area contributed by atoms with Crippen molar-refractivity contribution >= 4 is 5.97 Å². The van der Waals surface area contributed by atoms with Crippen molar-refractivity contribution in [1.82, 2.24) is 9.80 Å². The molecule has 1 heterocycles. The lowest BCUT2D eigenvalue weighted by molar-refractivity contribution is -0.143. The van der Waals surface area contributed by atoms with E-state index in [-0.39, 0.29) is 5.92 Å².